The summed E-state index contributed by atoms with van der Waals surface area (Å²) < 4.78 is 12.8. The van der Waals surface area contributed by atoms with Crippen LogP contribution in [-0.4, -0.2) is 35.8 Å². The SMILES string of the molecule is CCCC(=O)N1CCC(NC(=O)CCc2ccc(F)cc2)CC1. The summed E-state index contributed by atoms with van der Waals surface area (Å²) in [7, 11) is 0. The zero-order valence-electron chi connectivity index (χ0n) is 13.7. The van der Waals surface area contributed by atoms with Crippen molar-refractivity contribution in [2.45, 2.75) is 51.5 Å². The minimum atomic E-state index is -0.261. The summed E-state index contributed by atoms with van der Waals surface area (Å²) in [5.74, 6) is -0.0242. The molecule has 1 aliphatic heterocycles. The number of carbonyl (C=O) groups excluding carboxylic acids is 2. The minimum Gasteiger partial charge on any atom is -0.353 e. The van der Waals surface area contributed by atoms with E-state index in [4.69, 9.17) is 0 Å². The highest BCUT2D eigenvalue weighted by atomic mass is 19.1. The van der Waals surface area contributed by atoms with E-state index in [0.717, 1.165) is 37.9 Å². The maximum atomic E-state index is 12.8. The van der Waals surface area contributed by atoms with Crippen LogP contribution in [0.4, 0.5) is 4.39 Å². The summed E-state index contributed by atoms with van der Waals surface area (Å²) >= 11 is 0. The highest BCUT2D eigenvalue weighted by Crippen LogP contribution is 2.13. The molecular formula is C18H25FN2O2. The average molecular weight is 320 g/mol. The Morgan fingerprint density at radius 3 is 2.43 bits per heavy atom. The zero-order chi connectivity index (χ0) is 16.7. The molecule has 0 aromatic heterocycles. The van der Waals surface area contributed by atoms with Crippen molar-refractivity contribution in [3.05, 3.63) is 35.6 Å². The number of amides is 2. The van der Waals surface area contributed by atoms with E-state index in [0.29, 0.717) is 19.3 Å². The van der Waals surface area contributed by atoms with Crippen molar-refractivity contribution in [2.24, 2.45) is 0 Å². The van der Waals surface area contributed by atoms with Crippen LogP contribution in [0.2, 0.25) is 0 Å². The molecule has 0 atom stereocenters. The van der Waals surface area contributed by atoms with Crippen LogP contribution in [0.15, 0.2) is 24.3 Å². The van der Waals surface area contributed by atoms with Gasteiger partial charge in [0, 0.05) is 32.0 Å². The number of nitrogens with one attached hydrogen (secondary N) is 1. The van der Waals surface area contributed by atoms with Gasteiger partial charge < -0.3 is 10.2 Å². The van der Waals surface area contributed by atoms with E-state index in [1.807, 2.05) is 11.8 Å². The molecule has 0 bridgehead atoms. The lowest BCUT2D eigenvalue weighted by Crippen LogP contribution is -2.46. The average Bonchev–Trinajstić information content (AvgIpc) is 2.55. The molecule has 0 aliphatic carbocycles. The lowest BCUT2D eigenvalue weighted by molar-refractivity contribution is -0.132. The van der Waals surface area contributed by atoms with E-state index in [1.54, 1.807) is 12.1 Å². The third-order valence-electron chi connectivity index (χ3n) is 4.23. The van der Waals surface area contributed by atoms with Gasteiger partial charge in [0.05, 0.1) is 0 Å². The van der Waals surface area contributed by atoms with Crippen LogP contribution < -0.4 is 5.32 Å². The van der Waals surface area contributed by atoms with Gasteiger partial charge in [-0.15, -0.1) is 0 Å². The third kappa shape index (κ3) is 5.66. The van der Waals surface area contributed by atoms with Crippen LogP contribution in [0, 0.1) is 5.82 Å². The molecule has 126 valence electrons. The molecule has 0 spiro atoms. The molecule has 0 radical (unpaired) electrons. The fourth-order valence-electron chi connectivity index (χ4n) is 2.85. The van der Waals surface area contributed by atoms with Crippen molar-refractivity contribution in [2.75, 3.05) is 13.1 Å². The lowest BCUT2D eigenvalue weighted by Gasteiger charge is -2.32. The molecule has 0 saturated carbocycles. The van der Waals surface area contributed by atoms with Gasteiger partial charge in [0.1, 0.15) is 5.82 Å². The van der Waals surface area contributed by atoms with Crippen molar-refractivity contribution >= 4 is 11.8 Å². The third-order valence-corrected chi connectivity index (χ3v) is 4.23. The summed E-state index contributed by atoms with van der Waals surface area (Å²) in [5.41, 5.74) is 0.960. The topological polar surface area (TPSA) is 49.4 Å². The van der Waals surface area contributed by atoms with Gasteiger partial charge in [-0.1, -0.05) is 19.1 Å². The fraction of sp³-hybridized carbons (Fsp3) is 0.556. The van der Waals surface area contributed by atoms with E-state index in [-0.39, 0.29) is 23.7 Å². The molecule has 1 aromatic carbocycles. The van der Waals surface area contributed by atoms with Crippen LogP contribution in [0.3, 0.4) is 0 Å². The van der Waals surface area contributed by atoms with Gasteiger partial charge in [0.25, 0.3) is 0 Å². The fourth-order valence-corrected chi connectivity index (χ4v) is 2.85. The number of nitrogens with zero attached hydrogens (tertiary/aromatic N) is 1. The van der Waals surface area contributed by atoms with Crippen molar-refractivity contribution in [3.8, 4) is 0 Å². The number of aryl methyl sites for hydroxylation is 1. The summed E-state index contributed by atoms with van der Waals surface area (Å²) in [4.78, 5) is 25.7. The summed E-state index contributed by atoms with van der Waals surface area (Å²) in [6.07, 6.45) is 4.13. The van der Waals surface area contributed by atoms with E-state index < -0.39 is 0 Å². The Labute approximate surface area is 137 Å². The smallest absolute Gasteiger partial charge is 0.222 e. The Kier molecular flexibility index (Phi) is 6.56. The van der Waals surface area contributed by atoms with Crippen LogP contribution in [0.1, 0.15) is 44.6 Å². The summed E-state index contributed by atoms with van der Waals surface area (Å²) in [6, 6.07) is 6.40. The molecule has 1 aromatic rings. The van der Waals surface area contributed by atoms with E-state index in [2.05, 4.69) is 5.32 Å². The number of halogens is 1. The predicted octanol–water partition coefficient (Wildman–Crippen LogP) is 2.67. The molecule has 1 N–H and O–H groups in total. The Balaban J connectivity index is 1.68. The number of piperidine rings is 1. The maximum absolute atomic E-state index is 12.8. The maximum Gasteiger partial charge on any atom is 0.222 e. The Morgan fingerprint density at radius 2 is 1.83 bits per heavy atom. The number of carbonyl (C=O) groups is 2. The Bertz CT molecular complexity index is 522. The van der Waals surface area contributed by atoms with Crippen molar-refractivity contribution in [1.29, 1.82) is 0 Å². The first-order valence-electron chi connectivity index (χ1n) is 8.40. The van der Waals surface area contributed by atoms with Gasteiger partial charge in [-0.05, 0) is 43.4 Å². The monoisotopic (exact) mass is 320 g/mol. The van der Waals surface area contributed by atoms with Gasteiger partial charge in [0.2, 0.25) is 11.8 Å². The first-order valence-corrected chi connectivity index (χ1v) is 8.40. The normalized spacial score (nSPS) is 15.5. The van der Waals surface area contributed by atoms with Crippen LogP contribution in [-0.2, 0) is 16.0 Å². The molecular weight excluding hydrogens is 295 g/mol. The molecule has 2 amide bonds. The number of hydrogen-bond donors (Lipinski definition) is 1. The highest BCUT2D eigenvalue weighted by molar-refractivity contribution is 5.77. The largest absolute Gasteiger partial charge is 0.353 e. The second kappa shape index (κ2) is 8.65. The van der Waals surface area contributed by atoms with Crippen molar-refractivity contribution in [1.82, 2.24) is 10.2 Å². The van der Waals surface area contributed by atoms with Crippen LogP contribution in [0.25, 0.3) is 0 Å². The summed E-state index contributed by atoms with van der Waals surface area (Å²) in [5, 5.41) is 3.04. The molecule has 1 fully saturated rings. The predicted molar refractivity (Wildman–Crippen MR) is 87.4 cm³/mol. The first-order chi connectivity index (χ1) is 11.1. The van der Waals surface area contributed by atoms with E-state index in [9.17, 15) is 14.0 Å². The van der Waals surface area contributed by atoms with Crippen molar-refractivity contribution < 1.29 is 14.0 Å². The van der Waals surface area contributed by atoms with Crippen LogP contribution in [0.5, 0.6) is 0 Å². The van der Waals surface area contributed by atoms with E-state index >= 15 is 0 Å². The van der Waals surface area contributed by atoms with Gasteiger partial charge in [-0.25, -0.2) is 4.39 Å². The van der Waals surface area contributed by atoms with Gasteiger partial charge in [-0.3, -0.25) is 9.59 Å². The molecule has 1 saturated heterocycles. The molecule has 1 heterocycles. The molecule has 23 heavy (non-hydrogen) atoms. The lowest BCUT2D eigenvalue weighted by atomic mass is 10.0. The van der Waals surface area contributed by atoms with Gasteiger partial charge in [-0.2, -0.15) is 0 Å². The van der Waals surface area contributed by atoms with Gasteiger partial charge >= 0.3 is 0 Å². The Morgan fingerprint density at radius 1 is 1.17 bits per heavy atom. The van der Waals surface area contributed by atoms with Crippen molar-refractivity contribution in [3.63, 3.8) is 0 Å². The first kappa shape index (κ1) is 17.4. The number of benzene rings is 1. The molecule has 1 aliphatic rings. The molecule has 4 nitrogen and oxygen atoms in total. The quantitative estimate of drug-likeness (QED) is 0.876. The second-order valence-electron chi connectivity index (χ2n) is 6.10. The zero-order valence-corrected chi connectivity index (χ0v) is 13.7. The summed E-state index contributed by atoms with van der Waals surface area (Å²) in [6.45, 7) is 3.45. The van der Waals surface area contributed by atoms with E-state index in [1.165, 1.54) is 12.1 Å². The van der Waals surface area contributed by atoms with Crippen LogP contribution >= 0.6 is 0 Å². The molecule has 5 heteroatoms. The number of rotatable bonds is 6. The highest BCUT2D eigenvalue weighted by Gasteiger charge is 2.23. The number of likely N-dealkylation sites (tertiary alicyclic amines) is 1. The molecule has 0 unspecified atom stereocenters. The Hall–Kier alpha value is -1.91. The minimum absolute atomic E-state index is 0.0210. The number of hydrogen-bond acceptors (Lipinski definition) is 2. The standard InChI is InChI=1S/C18H25FN2O2/c1-2-3-18(23)21-12-10-16(11-13-21)20-17(22)9-6-14-4-7-15(19)8-5-14/h4-5,7-8,16H,2-3,6,9-13H2,1H3,(H,20,22). The van der Waals surface area contributed by atoms with Gasteiger partial charge in [0.15, 0.2) is 0 Å². The molecule has 2 rings (SSSR count). The second-order valence-corrected chi connectivity index (χ2v) is 6.10.